The molecule has 0 heterocycles. The van der Waals surface area contributed by atoms with Crippen molar-refractivity contribution < 1.29 is 14.4 Å². The summed E-state index contributed by atoms with van der Waals surface area (Å²) in [5, 5.41) is 3.92. The van der Waals surface area contributed by atoms with Crippen LogP contribution in [0.1, 0.15) is 0 Å². The van der Waals surface area contributed by atoms with Crippen LogP contribution in [0.5, 0.6) is 0 Å². The fraction of sp³-hybridized carbons (Fsp3) is 0.400. The van der Waals surface area contributed by atoms with Crippen molar-refractivity contribution in [3.63, 3.8) is 0 Å². The Balaban J connectivity index is 3.57. The van der Waals surface area contributed by atoms with Crippen molar-refractivity contribution in [1.82, 2.24) is 10.6 Å². The molecular weight excluding hydrogens is 164 g/mol. The van der Waals surface area contributed by atoms with Crippen LogP contribution in [0.15, 0.2) is 0 Å². The predicted octanol–water partition coefficient (Wildman–Crippen LogP) is -2.74. The first kappa shape index (κ1) is 10.4. The highest BCUT2D eigenvalue weighted by atomic mass is 16.2. The topological polar surface area (TPSA) is 127 Å². The molecule has 0 aliphatic heterocycles. The summed E-state index contributed by atoms with van der Waals surface area (Å²) in [4.78, 5) is 31.2. The van der Waals surface area contributed by atoms with Crippen LogP contribution in [-0.2, 0) is 9.59 Å². The number of carbonyl (C=O) groups excluding carboxylic acids is 3. The number of hydrogen-bond acceptors (Lipinski definition) is 4. The van der Waals surface area contributed by atoms with E-state index in [0.29, 0.717) is 0 Å². The van der Waals surface area contributed by atoms with Gasteiger partial charge in [0.25, 0.3) is 0 Å². The molecule has 0 aliphatic carbocycles. The predicted molar refractivity (Wildman–Crippen MR) is 39.8 cm³/mol. The summed E-state index contributed by atoms with van der Waals surface area (Å²) in [6, 6.07) is -0.956. The van der Waals surface area contributed by atoms with E-state index in [2.05, 4.69) is 11.1 Å². The van der Waals surface area contributed by atoms with Gasteiger partial charge in [-0.05, 0) is 0 Å². The molecule has 0 radical (unpaired) electrons. The van der Waals surface area contributed by atoms with Crippen LogP contribution < -0.4 is 22.1 Å². The van der Waals surface area contributed by atoms with Gasteiger partial charge in [0.05, 0.1) is 13.1 Å². The Hall–Kier alpha value is -1.63. The van der Waals surface area contributed by atoms with E-state index in [1.165, 1.54) is 0 Å². The Morgan fingerprint density at radius 2 is 1.75 bits per heavy atom. The van der Waals surface area contributed by atoms with Crippen LogP contribution in [-0.4, -0.2) is 30.9 Å². The first-order chi connectivity index (χ1) is 5.56. The van der Waals surface area contributed by atoms with E-state index < -0.39 is 17.8 Å². The monoisotopic (exact) mass is 174 g/mol. The van der Waals surface area contributed by atoms with Gasteiger partial charge in [-0.15, -0.1) is 0 Å². The summed E-state index contributed by atoms with van der Waals surface area (Å²) in [5.74, 6) is -1.15. The maximum atomic E-state index is 10.6. The van der Waals surface area contributed by atoms with Gasteiger partial charge < -0.3 is 16.8 Å². The molecule has 7 heteroatoms. The molecular formula is C5H10N4O3. The largest absolute Gasteiger partial charge is 0.351 e. The number of carbonyl (C=O) groups is 3. The minimum atomic E-state index is -0.956. The molecule has 0 unspecified atom stereocenters. The Bertz CT molecular complexity index is 203. The zero-order valence-electron chi connectivity index (χ0n) is 6.29. The Morgan fingerprint density at radius 3 is 2.17 bits per heavy atom. The van der Waals surface area contributed by atoms with Gasteiger partial charge in [0.15, 0.2) is 0 Å². The SMILES string of the molecule is NCC(=O)NCC(=O)NC(N)=O. The zero-order valence-corrected chi connectivity index (χ0v) is 6.29. The lowest BCUT2D eigenvalue weighted by Gasteiger charge is -2.01. The minimum absolute atomic E-state index is 0.205. The van der Waals surface area contributed by atoms with Crippen LogP contribution in [0.25, 0.3) is 0 Å². The Labute approximate surface area is 68.5 Å². The van der Waals surface area contributed by atoms with Gasteiger partial charge in [0.1, 0.15) is 0 Å². The third-order valence-electron chi connectivity index (χ3n) is 0.894. The summed E-state index contributed by atoms with van der Waals surface area (Å²) in [6.07, 6.45) is 0. The number of urea groups is 1. The summed E-state index contributed by atoms with van der Waals surface area (Å²) in [7, 11) is 0. The molecule has 7 nitrogen and oxygen atoms in total. The van der Waals surface area contributed by atoms with E-state index in [1.807, 2.05) is 0 Å². The quantitative estimate of drug-likeness (QED) is 0.370. The van der Waals surface area contributed by atoms with Crippen molar-refractivity contribution in [3.8, 4) is 0 Å². The number of nitrogens with two attached hydrogens (primary N) is 2. The van der Waals surface area contributed by atoms with Gasteiger partial charge in [-0.1, -0.05) is 0 Å². The normalized spacial score (nSPS) is 8.75. The van der Waals surface area contributed by atoms with Crippen LogP contribution in [0.2, 0.25) is 0 Å². The Morgan fingerprint density at radius 1 is 1.17 bits per heavy atom. The first-order valence-electron chi connectivity index (χ1n) is 3.12. The third kappa shape index (κ3) is 5.18. The van der Waals surface area contributed by atoms with E-state index in [9.17, 15) is 14.4 Å². The number of amides is 4. The lowest BCUT2D eigenvalue weighted by atomic mass is 10.5. The number of primary amides is 1. The van der Waals surface area contributed by atoms with Gasteiger partial charge >= 0.3 is 6.03 Å². The van der Waals surface area contributed by atoms with Crippen LogP contribution >= 0.6 is 0 Å². The molecule has 4 amide bonds. The average molecular weight is 174 g/mol. The number of imide groups is 1. The third-order valence-corrected chi connectivity index (χ3v) is 0.894. The fourth-order valence-electron chi connectivity index (χ4n) is 0.433. The van der Waals surface area contributed by atoms with Crippen molar-refractivity contribution in [2.45, 2.75) is 0 Å². The maximum absolute atomic E-state index is 10.6. The molecule has 0 spiro atoms. The first-order valence-corrected chi connectivity index (χ1v) is 3.12. The maximum Gasteiger partial charge on any atom is 0.318 e. The van der Waals surface area contributed by atoms with E-state index in [-0.39, 0.29) is 13.1 Å². The lowest BCUT2D eigenvalue weighted by Crippen LogP contribution is -2.43. The van der Waals surface area contributed by atoms with Gasteiger partial charge in [-0.25, -0.2) is 4.79 Å². The molecule has 0 fully saturated rings. The van der Waals surface area contributed by atoms with E-state index >= 15 is 0 Å². The highest BCUT2D eigenvalue weighted by molar-refractivity contribution is 5.96. The van der Waals surface area contributed by atoms with Crippen LogP contribution in [0, 0.1) is 0 Å². The van der Waals surface area contributed by atoms with E-state index in [1.54, 1.807) is 5.32 Å². The lowest BCUT2D eigenvalue weighted by molar-refractivity contribution is -0.124. The van der Waals surface area contributed by atoms with Crippen LogP contribution in [0.4, 0.5) is 4.79 Å². The van der Waals surface area contributed by atoms with Gasteiger partial charge in [-0.3, -0.25) is 14.9 Å². The van der Waals surface area contributed by atoms with Crippen molar-refractivity contribution in [2.75, 3.05) is 13.1 Å². The summed E-state index contributed by atoms with van der Waals surface area (Å²) in [6.45, 7) is -0.511. The standard InChI is InChI=1S/C5H10N4O3/c6-1-3(10)8-2-4(11)9-5(7)12/h1-2,6H2,(H,8,10)(H3,7,9,11,12). The molecule has 12 heavy (non-hydrogen) atoms. The van der Waals surface area contributed by atoms with Crippen molar-refractivity contribution in [1.29, 1.82) is 0 Å². The second kappa shape index (κ2) is 5.08. The highest BCUT2D eigenvalue weighted by Crippen LogP contribution is 1.64. The summed E-state index contributed by atoms with van der Waals surface area (Å²) < 4.78 is 0. The molecule has 0 saturated heterocycles. The average Bonchev–Trinajstić information content (AvgIpc) is 1.99. The van der Waals surface area contributed by atoms with Gasteiger partial charge in [-0.2, -0.15) is 0 Å². The van der Waals surface area contributed by atoms with Gasteiger partial charge in [0, 0.05) is 0 Å². The fourth-order valence-corrected chi connectivity index (χ4v) is 0.433. The molecule has 0 atom stereocenters. The summed E-state index contributed by atoms with van der Waals surface area (Å²) >= 11 is 0. The summed E-state index contributed by atoms with van der Waals surface area (Å²) in [5.41, 5.74) is 9.55. The number of nitrogens with one attached hydrogen (secondary N) is 2. The van der Waals surface area contributed by atoms with Crippen molar-refractivity contribution in [3.05, 3.63) is 0 Å². The van der Waals surface area contributed by atoms with Crippen LogP contribution in [0.3, 0.4) is 0 Å². The van der Waals surface area contributed by atoms with E-state index in [0.717, 1.165) is 0 Å². The molecule has 0 saturated carbocycles. The van der Waals surface area contributed by atoms with Crippen molar-refractivity contribution >= 4 is 17.8 Å². The number of hydrogen-bond donors (Lipinski definition) is 4. The zero-order chi connectivity index (χ0) is 9.56. The molecule has 0 bridgehead atoms. The molecule has 0 rings (SSSR count). The van der Waals surface area contributed by atoms with E-state index in [4.69, 9.17) is 5.73 Å². The highest BCUT2D eigenvalue weighted by Gasteiger charge is 2.04. The molecule has 0 aromatic heterocycles. The molecule has 6 N–H and O–H groups in total. The second-order valence-corrected chi connectivity index (χ2v) is 1.89. The van der Waals surface area contributed by atoms with Crippen molar-refractivity contribution in [2.24, 2.45) is 11.5 Å². The Kier molecular flexibility index (Phi) is 4.39. The number of rotatable bonds is 3. The molecule has 68 valence electrons. The second-order valence-electron chi connectivity index (χ2n) is 1.89. The smallest absolute Gasteiger partial charge is 0.318 e. The molecule has 0 aromatic rings. The minimum Gasteiger partial charge on any atom is -0.351 e. The molecule has 0 aliphatic rings. The van der Waals surface area contributed by atoms with Gasteiger partial charge in [0.2, 0.25) is 11.8 Å². The molecule has 0 aromatic carbocycles.